The van der Waals surface area contributed by atoms with Crippen LogP contribution in [-0.2, 0) is 19.1 Å². The van der Waals surface area contributed by atoms with E-state index in [-0.39, 0.29) is 24.6 Å². The highest BCUT2D eigenvalue weighted by Gasteiger charge is 2.37. The molecule has 64 valence electrons. The second-order valence-corrected chi connectivity index (χ2v) is 2.82. The van der Waals surface area contributed by atoms with Gasteiger partial charge in [-0.2, -0.15) is 0 Å². The number of fused-ring (bicyclic) bond motifs is 1. The molecule has 1 saturated heterocycles. The highest BCUT2D eigenvalue weighted by molar-refractivity contribution is 5.73. The first-order valence-electron chi connectivity index (χ1n) is 3.78. The summed E-state index contributed by atoms with van der Waals surface area (Å²) in [6, 6.07) is 0. The summed E-state index contributed by atoms with van der Waals surface area (Å²) in [5.74, 6) is -0.263. The summed E-state index contributed by atoms with van der Waals surface area (Å²) in [4.78, 5) is 21.1. The molecule has 0 radical (unpaired) electrons. The molecule has 0 N–H and O–H groups in total. The maximum atomic E-state index is 10.8. The highest BCUT2D eigenvalue weighted by Crippen LogP contribution is 2.24. The molecule has 0 spiro atoms. The molecule has 0 unspecified atom stereocenters. The third-order valence-electron chi connectivity index (χ3n) is 1.96. The SMILES string of the molecule is O=C[C@H]1C=C[C@@H]2OC(=O)C[C@@H]2O1. The molecule has 12 heavy (non-hydrogen) atoms. The number of esters is 1. The zero-order valence-electron chi connectivity index (χ0n) is 6.30. The van der Waals surface area contributed by atoms with Crippen LogP contribution in [0, 0.1) is 0 Å². The summed E-state index contributed by atoms with van der Waals surface area (Å²) in [5, 5.41) is 0. The zero-order valence-corrected chi connectivity index (χ0v) is 6.30. The largest absolute Gasteiger partial charge is 0.455 e. The van der Waals surface area contributed by atoms with Gasteiger partial charge in [0.15, 0.2) is 6.29 Å². The minimum atomic E-state index is -0.513. The second-order valence-electron chi connectivity index (χ2n) is 2.82. The fourth-order valence-corrected chi connectivity index (χ4v) is 1.39. The Morgan fingerprint density at radius 3 is 3.08 bits per heavy atom. The van der Waals surface area contributed by atoms with Gasteiger partial charge in [-0.25, -0.2) is 0 Å². The fourth-order valence-electron chi connectivity index (χ4n) is 1.39. The Kier molecular flexibility index (Phi) is 1.69. The van der Waals surface area contributed by atoms with Crippen LogP contribution in [-0.4, -0.2) is 30.6 Å². The first-order chi connectivity index (χ1) is 5.79. The molecular formula is C8H8O4. The van der Waals surface area contributed by atoms with Gasteiger partial charge < -0.3 is 14.3 Å². The molecule has 0 bridgehead atoms. The predicted molar refractivity (Wildman–Crippen MR) is 38.4 cm³/mol. The summed E-state index contributed by atoms with van der Waals surface area (Å²) < 4.78 is 10.1. The van der Waals surface area contributed by atoms with E-state index in [9.17, 15) is 9.59 Å². The topological polar surface area (TPSA) is 52.6 Å². The quantitative estimate of drug-likeness (QED) is 0.310. The van der Waals surface area contributed by atoms with Gasteiger partial charge in [-0.1, -0.05) is 0 Å². The summed E-state index contributed by atoms with van der Waals surface area (Å²) in [6.07, 6.45) is 3.20. The lowest BCUT2D eigenvalue weighted by molar-refractivity contribution is -0.140. The number of hydrogen-bond acceptors (Lipinski definition) is 4. The summed E-state index contributed by atoms with van der Waals surface area (Å²) >= 11 is 0. The van der Waals surface area contributed by atoms with Crippen LogP contribution >= 0.6 is 0 Å². The monoisotopic (exact) mass is 168 g/mol. The molecule has 3 atom stereocenters. The van der Waals surface area contributed by atoms with Gasteiger partial charge in [0, 0.05) is 0 Å². The van der Waals surface area contributed by atoms with Crippen molar-refractivity contribution in [1.82, 2.24) is 0 Å². The maximum Gasteiger partial charge on any atom is 0.309 e. The van der Waals surface area contributed by atoms with E-state index in [1.165, 1.54) is 0 Å². The van der Waals surface area contributed by atoms with E-state index >= 15 is 0 Å². The molecule has 0 saturated carbocycles. The number of carbonyl (C=O) groups is 2. The minimum absolute atomic E-state index is 0.249. The first kappa shape index (κ1) is 7.49. The molecule has 1 fully saturated rings. The average Bonchev–Trinajstić information content (AvgIpc) is 2.43. The number of ether oxygens (including phenoxy) is 2. The van der Waals surface area contributed by atoms with Crippen molar-refractivity contribution in [3.05, 3.63) is 12.2 Å². The van der Waals surface area contributed by atoms with Gasteiger partial charge in [-0.3, -0.25) is 4.79 Å². The van der Waals surface area contributed by atoms with Gasteiger partial charge >= 0.3 is 5.97 Å². The van der Waals surface area contributed by atoms with Crippen molar-refractivity contribution in [2.24, 2.45) is 0 Å². The molecule has 0 aromatic heterocycles. The van der Waals surface area contributed by atoms with Crippen molar-refractivity contribution in [2.75, 3.05) is 0 Å². The highest BCUT2D eigenvalue weighted by atomic mass is 16.6. The molecule has 0 aliphatic carbocycles. The smallest absolute Gasteiger partial charge is 0.309 e. The Hall–Kier alpha value is -1.16. The maximum absolute atomic E-state index is 10.8. The van der Waals surface area contributed by atoms with E-state index in [0.29, 0.717) is 6.29 Å². The average molecular weight is 168 g/mol. The lowest BCUT2D eigenvalue weighted by atomic mass is 10.1. The lowest BCUT2D eigenvalue weighted by Gasteiger charge is -2.21. The van der Waals surface area contributed by atoms with Crippen LogP contribution in [0.1, 0.15) is 6.42 Å². The Labute approximate surface area is 69.1 Å². The van der Waals surface area contributed by atoms with Crippen molar-refractivity contribution in [1.29, 1.82) is 0 Å². The van der Waals surface area contributed by atoms with Crippen molar-refractivity contribution in [3.8, 4) is 0 Å². The Morgan fingerprint density at radius 2 is 2.33 bits per heavy atom. The molecule has 4 nitrogen and oxygen atoms in total. The van der Waals surface area contributed by atoms with Crippen LogP contribution in [0.25, 0.3) is 0 Å². The predicted octanol–water partition coefficient (Wildman–Crippen LogP) is -0.176. The first-order valence-corrected chi connectivity index (χ1v) is 3.78. The number of hydrogen-bond donors (Lipinski definition) is 0. The van der Waals surface area contributed by atoms with Crippen molar-refractivity contribution in [2.45, 2.75) is 24.7 Å². The second kappa shape index (κ2) is 2.71. The summed E-state index contributed by atoms with van der Waals surface area (Å²) in [5.41, 5.74) is 0. The Balaban J connectivity index is 2.12. The minimum Gasteiger partial charge on any atom is -0.455 e. The van der Waals surface area contributed by atoms with E-state index in [4.69, 9.17) is 9.47 Å². The van der Waals surface area contributed by atoms with Crippen LogP contribution in [0.5, 0.6) is 0 Å². The van der Waals surface area contributed by atoms with Crippen LogP contribution < -0.4 is 0 Å². The van der Waals surface area contributed by atoms with Crippen molar-refractivity contribution < 1.29 is 19.1 Å². The van der Waals surface area contributed by atoms with Gasteiger partial charge in [-0.05, 0) is 12.2 Å². The van der Waals surface area contributed by atoms with E-state index in [2.05, 4.69) is 0 Å². The molecular weight excluding hydrogens is 160 g/mol. The summed E-state index contributed by atoms with van der Waals surface area (Å²) in [6.45, 7) is 0. The van der Waals surface area contributed by atoms with Crippen LogP contribution in [0.3, 0.4) is 0 Å². The van der Waals surface area contributed by atoms with Crippen LogP contribution in [0.4, 0.5) is 0 Å². The fraction of sp³-hybridized carbons (Fsp3) is 0.500. The third kappa shape index (κ3) is 1.14. The molecule has 2 rings (SSSR count). The van der Waals surface area contributed by atoms with Gasteiger partial charge in [0.1, 0.15) is 18.3 Å². The number of rotatable bonds is 1. The van der Waals surface area contributed by atoms with Gasteiger partial charge in [-0.15, -0.1) is 0 Å². The molecule has 2 aliphatic heterocycles. The van der Waals surface area contributed by atoms with Crippen molar-refractivity contribution in [3.63, 3.8) is 0 Å². The van der Waals surface area contributed by atoms with Crippen molar-refractivity contribution >= 4 is 12.3 Å². The normalized spacial score (nSPS) is 39.0. The Morgan fingerprint density at radius 1 is 1.50 bits per heavy atom. The number of carbonyl (C=O) groups excluding carboxylic acids is 2. The molecule has 2 aliphatic rings. The van der Waals surface area contributed by atoms with Gasteiger partial charge in [0.05, 0.1) is 6.42 Å². The van der Waals surface area contributed by atoms with Crippen LogP contribution in [0.2, 0.25) is 0 Å². The number of aldehydes is 1. The zero-order chi connectivity index (χ0) is 8.55. The molecule has 4 heteroatoms. The lowest BCUT2D eigenvalue weighted by Crippen LogP contribution is -2.32. The molecule has 0 aromatic rings. The van der Waals surface area contributed by atoms with E-state index in [0.717, 1.165) is 0 Å². The van der Waals surface area contributed by atoms with E-state index in [1.807, 2.05) is 0 Å². The van der Waals surface area contributed by atoms with Crippen LogP contribution in [0.15, 0.2) is 12.2 Å². The van der Waals surface area contributed by atoms with Gasteiger partial charge in [0.25, 0.3) is 0 Å². The molecule has 0 aromatic carbocycles. The molecule has 0 amide bonds. The Bertz CT molecular complexity index is 245. The standard InChI is InChI=1S/C8H8O4/c9-4-5-1-2-6-7(11-5)3-8(10)12-6/h1-2,4-7H,3H2/t5-,6+,7+/m1/s1. The summed E-state index contributed by atoms with van der Waals surface area (Å²) in [7, 11) is 0. The molecule has 2 heterocycles. The van der Waals surface area contributed by atoms with E-state index in [1.54, 1.807) is 12.2 Å². The third-order valence-corrected chi connectivity index (χ3v) is 1.96. The van der Waals surface area contributed by atoms with E-state index < -0.39 is 6.10 Å². The van der Waals surface area contributed by atoms with Gasteiger partial charge in [0.2, 0.25) is 0 Å².